The lowest BCUT2D eigenvalue weighted by Gasteiger charge is -2.33. The molecule has 3 aliphatic rings. The van der Waals surface area contributed by atoms with Crippen LogP contribution >= 0.6 is 16.1 Å². The van der Waals surface area contributed by atoms with Crippen LogP contribution in [0.25, 0.3) is 21.9 Å². The lowest BCUT2D eigenvalue weighted by molar-refractivity contribution is 0.489. The number of hydrogen-bond donors (Lipinski definition) is 1. The quantitative estimate of drug-likeness (QED) is 0.192. The molecule has 3 nitrogen and oxygen atoms in total. The van der Waals surface area contributed by atoms with Crippen LogP contribution in [0.3, 0.4) is 0 Å². The van der Waals surface area contributed by atoms with E-state index in [0.29, 0.717) is 11.6 Å². The summed E-state index contributed by atoms with van der Waals surface area (Å²) in [5, 5.41) is 9.62. The average molecular weight is 620 g/mol. The molecule has 4 aromatic carbocycles. The van der Waals surface area contributed by atoms with Gasteiger partial charge >= 0.3 is 8.16 Å². The first-order valence-corrected chi connectivity index (χ1v) is 19.4. The van der Waals surface area contributed by atoms with Crippen molar-refractivity contribution in [3.8, 4) is 0 Å². The molecule has 1 fully saturated rings. The van der Waals surface area contributed by atoms with Gasteiger partial charge in [-0.2, -0.15) is 0 Å². The predicted octanol–water partition coefficient (Wildman–Crippen LogP) is 10.3. The standard InChI is InChI=1S/C39H43NO2P2/c1-27(32-21-12-22-37(32)43(30-15-4-2-5-16-30)31-17-6-3-7-18-31)40-44-41-35-25-23-28-13-8-10-19-33(28)38(35)39-34-20-11-9-14-29(34)24-26-36(39)42-44/h2-7,15-18,23-27,32,37,40H,8-14,19-22H2,1H3/t27-,32?,37+/m1/s1. The second-order valence-corrected chi connectivity index (χ2v) is 16.7. The van der Waals surface area contributed by atoms with Crippen LogP contribution in [0.15, 0.2) is 93.3 Å². The summed E-state index contributed by atoms with van der Waals surface area (Å²) in [6.07, 6.45) is 13.5. The van der Waals surface area contributed by atoms with E-state index in [1.807, 2.05) is 0 Å². The Balaban J connectivity index is 1.21. The Morgan fingerprint density at radius 1 is 0.636 bits per heavy atom. The first-order valence-electron chi connectivity index (χ1n) is 16.9. The zero-order valence-corrected chi connectivity index (χ0v) is 27.6. The Labute approximate surface area is 263 Å². The van der Waals surface area contributed by atoms with Crippen molar-refractivity contribution < 1.29 is 8.39 Å². The summed E-state index contributed by atoms with van der Waals surface area (Å²) in [6.45, 7) is 2.38. The molecule has 0 saturated heterocycles. The monoisotopic (exact) mass is 619 g/mol. The minimum absolute atomic E-state index is 0.284. The molecule has 3 aliphatic carbocycles. The number of nitrogens with one attached hydrogen (secondary N) is 1. The van der Waals surface area contributed by atoms with E-state index in [4.69, 9.17) is 8.39 Å². The Bertz CT molecular complexity index is 1700. The molecule has 5 heteroatoms. The van der Waals surface area contributed by atoms with Crippen molar-refractivity contribution >= 4 is 48.6 Å². The zero-order chi connectivity index (χ0) is 29.5. The van der Waals surface area contributed by atoms with Crippen LogP contribution < -0.4 is 15.7 Å². The van der Waals surface area contributed by atoms with Gasteiger partial charge in [0.25, 0.3) is 0 Å². The molecule has 8 rings (SSSR count). The van der Waals surface area contributed by atoms with Crippen molar-refractivity contribution in [3.05, 3.63) is 107 Å². The van der Waals surface area contributed by atoms with E-state index >= 15 is 0 Å². The molecule has 3 atom stereocenters. The Morgan fingerprint density at radius 2 is 1.16 bits per heavy atom. The van der Waals surface area contributed by atoms with Crippen molar-refractivity contribution in [1.82, 2.24) is 0 Å². The zero-order valence-electron chi connectivity index (χ0n) is 25.8. The lowest BCUT2D eigenvalue weighted by Crippen LogP contribution is -2.33. The fourth-order valence-electron chi connectivity index (χ4n) is 8.41. The van der Waals surface area contributed by atoms with Crippen LogP contribution in [-0.2, 0) is 25.7 Å². The van der Waals surface area contributed by atoms with E-state index in [1.54, 1.807) is 0 Å². The highest BCUT2D eigenvalue weighted by Gasteiger charge is 2.38. The van der Waals surface area contributed by atoms with Crippen molar-refractivity contribution in [2.75, 3.05) is 5.09 Å². The van der Waals surface area contributed by atoms with E-state index in [1.165, 1.54) is 101 Å². The number of hydrogen-bond acceptors (Lipinski definition) is 3. The normalized spacial score (nSPS) is 20.5. The molecule has 0 radical (unpaired) electrons. The van der Waals surface area contributed by atoms with Crippen LogP contribution in [0.5, 0.6) is 0 Å². The second kappa shape index (κ2) is 12.5. The minimum atomic E-state index is -1.34. The highest BCUT2D eigenvalue weighted by molar-refractivity contribution is 7.73. The molecule has 1 unspecified atom stereocenters. The molecule has 0 spiro atoms. The van der Waals surface area contributed by atoms with Crippen LogP contribution in [0.4, 0.5) is 0 Å². The molecular weight excluding hydrogens is 576 g/mol. The van der Waals surface area contributed by atoms with Gasteiger partial charge in [-0.3, -0.25) is 0 Å². The van der Waals surface area contributed by atoms with Crippen molar-refractivity contribution in [1.29, 1.82) is 0 Å². The SMILES string of the molecule is C[C@@H](Np1oc2ccc3c(c2c2c4c(ccc2o1)CCCC4)CCCC3)C1CCC[C@@H]1P(c1ccccc1)c1ccccc1. The molecule has 5 aromatic rings. The van der Waals surface area contributed by atoms with Gasteiger partial charge in [0.1, 0.15) is 11.2 Å². The summed E-state index contributed by atoms with van der Waals surface area (Å²) in [5.74, 6) is 0.561. The summed E-state index contributed by atoms with van der Waals surface area (Å²) in [7, 11) is -1.81. The van der Waals surface area contributed by atoms with Crippen molar-refractivity contribution in [3.63, 3.8) is 0 Å². The molecule has 0 aliphatic heterocycles. The van der Waals surface area contributed by atoms with E-state index in [9.17, 15) is 0 Å². The van der Waals surface area contributed by atoms with Crippen LogP contribution in [-0.4, -0.2) is 11.7 Å². The molecule has 1 N–H and O–H groups in total. The number of aryl methyl sites for hydroxylation is 4. The van der Waals surface area contributed by atoms with E-state index in [2.05, 4.69) is 96.9 Å². The summed E-state index contributed by atoms with van der Waals surface area (Å²) in [4.78, 5) is 0. The van der Waals surface area contributed by atoms with Gasteiger partial charge in [-0.1, -0.05) is 79.2 Å². The third-order valence-electron chi connectivity index (χ3n) is 10.5. The van der Waals surface area contributed by atoms with Gasteiger partial charge < -0.3 is 8.39 Å². The fourth-order valence-corrected chi connectivity index (χ4v) is 13.0. The van der Waals surface area contributed by atoms with Crippen molar-refractivity contribution in [2.24, 2.45) is 5.92 Å². The molecule has 1 heterocycles. The van der Waals surface area contributed by atoms with Gasteiger partial charge in [0, 0.05) is 16.8 Å². The predicted molar refractivity (Wildman–Crippen MR) is 189 cm³/mol. The molecule has 1 saturated carbocycles. The van der Waals surface area contributed by atoms with Crippen molar-refractivity contribution in [2.45, 2.75) is 89.3 Å². The van der Waals surface area contributed by atoms with Gasteiger partial charge in [-0.05, 0) is 136 Å². The molecule has 0 bridgehead atoms. The maximum Gasteiger partial charge on any atom is 0.307 e. The molecule has 226 valence electrons. The lowest BCUT2D eigenvalue weighted by atomic mass is 9.84. The first-order chi connectivity index (χ1) is 21.7. The van der Waals surface area contributed by atoms with E-state index in [0.717, 1.165) is 24.0 Å². The maximum atomic E-state index is 6.93. The smallest absolute Gasteiger partial charge is 0.307 e. The van der Waals surface area contributed by atoms with Gasteiger partial charge in [0.15, 0.2) is 0 Å². The Hall–Kier alpha value is -2.83. The third kappa shape index (κ3) is 5.36. The minimum Gasteiger partial charge on any atom is -0.408 e. The Morgan fingerprint density at radius 3 is 1.70 bits per heavy atom. The third-order valence-corrected chi connectivity index (χ3v) is 14.8. The highest BCUT2D eigenvalue weighted by atomic mass is 31.1. The average Bonchev–Trinajstić information content (AvgIpc) is 3.49. The summed E-state index contributed by atoms with van der Waals surface area (Å²) in [6, 6.07) is 32.0. The van der Waals surface area contributed by atoms with Crippen LogP contribution in [0, 0.1) is 5.92 Å². The number of benzene rings is 4. The molecular formula is C39H43NO2P2. The fraction of sp³-hybridized carbons (Fsp3) is 0.385. The van der Waals surface area contributed by atoms with Crippen LogP contribution in [0.2, 0.25) is 0 Å². The van der Waals surface area contributed by atoms with Crippen LogP contribution in [0.1, 0.15) is 74.1 Å². The molecule has 44 heavy (non-hydrogen) atoms. The Kier molecular flexibility index (Phi) is 8.14. The van der Waals surface area contributed by atoms with Gasteiger partial charge in [0.05, 0.1) is 0 Å². The highest BCUT2D eigenvalue weighted by Crippen LogP contribution is 2.52. The van der Waals surface area contributed by atoms with Gasteiger partial charge in [0.2, 0.25) is 0 Å². The van der Waals surface area contributed by atoms with E-state index in [-0.39, 0.29) is 6.04 Å². The van der Waals surface area contributed by atoms with Gasteiger partial charge in [-0.25, -0.2) is 5.09 Å². The summed E-state index contributed by atoms with van der Waals surface area (Å²) in [5.41, 5.74) is 8.70. The topological polar surface area (TPSA) is 38.3 Å². The first kappa shape index (κ1) is 28.6. The van der Waals surface area contributed by atoms with Gasteiger partial charge in [-0.15, -0.1) is 0 Å². The summed E-state index contributed by atoms with van der Waals surface area (Å²) >= 11 is 0. The number of fused-ring (bicyclic) bond motifs is 7. The second-order valence-electron chi connectivity index (χ2n) is 13.1. The largest absolute Gasteiger partial charge is 0.408 e. The molecule has 0 amide bonds. The maximum absolute atomic E-state index is 6.93. The van der Waals surface area contributed by atoms with E-state index < -0.39 is 16.1 Å². The summed E-state index contributed by atoms with van der Waals surface area (Å²) < 4.78 is 13.9. The molecule has 1 aromatic heterocycles. The number of rotatable bonds is 6.